The van der Waals surface area contributed by atoms with Crippen LogP contribution in [-0.2, 0) is 4.79 Å². The molecule has 0 aliphatic carbocycles. The molecule has 5 nitrogen and oxygen atoms in total. The number of ketones is 1. The zero-order valence-corrected chi connectivity index (χ0v) is 16.3. The predicted molar refractivity (Wildman–Crippen MR) is 103 cm³/mol. The first-order valence-corrected chi connectivity index (χ1v) is 9.24. The van der Waals surface area contributed by atoms with Gasteiger partial charge >= 0.3 is 5.97 Å². The van der Waals surface area contributed by atoms with E-state index in [4.69, 9.17) is 9.47 Å². The summed E-state index contributed by atoms with van der Waals surface area (Å²) in [6.45, 7) is -1.16. The summed E-state index contributed by atoms with van der Waals surface area (Å²) in [6.07, 6.45) is 1.53. The summed E-state index contributed by atoms with van der Waals surface area (Å²) in [5, 5.41) is 0. The van der Waals surface area contributed by atoms with Gasteiger partial charge in [-0.2, -0.15) is 8.78 Å². The molecule has 10 heteroatoms. The number of Topliss-reactive ketones (excluding diaryl/α,β-unsaturated/α-hetero) is 1. The number of carbonyl (C=O) groups excluding carboxylic acids is 2. The van der Waals surface area contributed by atoms with Crippen molar-refractivity contribution in [2.24, 2.45) is 0 Å². The van der Waals surface area contributed by atoms with Crippen LogP contribution in [0.25, 0.3) is 6.08 Å². The number of benzene rings is 3. The minimum Gasteiger partial charge on any atom is -0.476 e. The molecule has 0 atom stereocenters. The van der Waals surface area contributed by atoms with Crippen molar-refractivity contribution in [1.82, 2.24) is 0 Å². The minimum absolute atomic E-state index is 0.0503. The third kappa shape index (κ3) is 4.27. The van der Waals surface area contributed by atoms with Crippen LogP contribution in [0.2, 0.25) is 0 Å². The second-order valence-electron chi connectivity index (χ2n) is 6.67. The molecule has 33 heavy (non-hydrogen) atoms. The van der Waals surface area contributed by atoms with E-state index < -0.39 is 47.4 Å². The molecule has 0 aromatic heterocycles. The van der Waals surface area contributed by atoms with E-state index in [0.29, 0.717) is 0 Å². The first-order valence-electron chi connectivity index (χ1n) is 9.24. The van der Waals surface area contributed by atoms with Crippen molar-refractivity contribution in [3.63, 3.8) is 0 Å². The number of hydrogen-bond donors (Lipinski definition) is 0. The standard InChI is InChI=1S/C23H11F5O5/c24-17-18(25)20(27)23(21(28)19(17)26)31-10-16(29)32-12-6-7-13-14(9-12)33-15(22(13)30)8-11-4-2-1-3-5-11/h1-9H,10H2/b15-8-. The molecule has 0 unspecified atom stereocenters. The van der Waals surface area contributed by atoms with Crippen LogP contribution in [0.3, 0.4) is 0 Å². The Bertz CT molecular complexity index is 1280. The first-order chi connectivity index (χ1) is 15.8. The van der Waals surface area contributed by atoms with Gasteiger partial charge in [0.15, 0.2) is 18.1 Å². The number of ether oxygens (including phenoxy) is 3. The lowest BCUT2D eigenvalue weighted by atomic mass is 10.1. The van der Waals surface area contributed by atoms with Gasteiger partial charge in [0, 0.05) is 6.07 Å². The SMILES string of the molecule is O=C(COc1c(F)c(F)c(F)c(F)c1F)Oc1ccc2c(c1)O/C(=C\c1ccccc1)C2=O. The van der Waals surface area contributed by atoms with Gasteiger partial charge in [0.2, 0.25) is 34.9 Å². The van der Waals surface area contributed by atoms with Crippen molar-refractivity contribution in [3.05, 3.63) is 94.5 Å². The molecule has 0 saturated carbocycles. The third-order valence-electron chi connectivity index (χ3n) is 4.47. The lowest BCUT2D eigenvalue weighted by Crippen LogP contribution is -2.19. The van der Waals surface area contributed by atoms with Gasteiger partial charge in [-0.05, 0) is 23.8 Å². The van der Waals surface area contributed by atoms with Crippen LogP contribution in [0, 0.1) is 29.1 Å². The maximum absolute atomic E-state index is 13.6. The van der Waals surface area contributed by atoms with Crippen LogP contribution in [-0.4, -0.2) is 18.4 Å². The van der Waals surface area contributed by atoms with Crippen molar-refractivity contribution in [2.45, 2.75) is 0 Å². The smallest absolute Gasteiger partial charge is 0.349 e. The lowest BCUT2D eigenvalue weighted by Gasteiger charge is -2.10. The first kappa shape index (κ1) is 22.0. The number of esters is 1. The molecular weight excluding hydrogens is 451 g/mol. The summed E-state index contributed by atoms with van der Waals surface area (Å²) in [4.78, 5) is 24.4. The number of hydrogen-bond acceptors (Lipinski definition) is 5. The fraction of sp³-hybridized carbons (Fsp3) is 0.0435. The average Bonchev–Trinajstić information content (AvgIpc) is 3.11. The fourth-order valence-electron chi connectivity index (χ4n) is 2.93. The van der Waals surface area contributed by atoms with Crippen LogP contribution in [0.1, 0.15) is 15.9 Å². The van der Waals surface area contributed by atoms with Gasteiger partial charge in [0.05, 0.1) is 5.56 Å². The van der Waals surface area contributed by atoms with E-state index in [1.54, 1.807) is 24.3 Å². The van der Waals surface area contributed by atoms with Crippen molar-refractivity contribution < 1.29 is 45.8 Å². The fourth-order valence-corrected chi connectivity index (χ4v) is 2.93. The van der Waals surface area contributed by atoms with Crippen molar-refractivity contribution in [1.29, 1.82) is 0 Å². The Balaban J connectivity index is 1.45. The van der Waals surface area contributed by atoms with Crippen LogP contribution < -0.4 is 14.2 Å². The quantitative estimate of drug-likeness (QED) is 0.134. The van der Waals surface area contributed by atoms with E-state index in [-0.39, 0.29) is 28.6 Å². The van der Waals surface area contributed by atoms with Crippen molar-refractivity contribution in [2.75, 3.05) is 6.61 Å². The predicted octanol–water partition coefficient (Wildman–Crippen LogP) is 4.98. The van der Waals surface area contributed by atoms with Crippen LogP contribution in [0.4, 0.5) is 22.0 Å². The Kier molecular flexibility index (Phi) is 5.82. The van der Waals surface area contributed by atoms with Gasteiger partial charge in [0.25, 0.3) is 0 Å². The topological polar surface area (TPSA) is 61.8 Å². The Morgan fingerprint density at radius 3 is 2.18 bits per heavy atom. The van der Waals surface area contributed by atoms with Crippen molar-refractivity contribution in [3.8, 4) is 17.2 Å². The number of fused-ring (bicyclic) bond motifs is 1. The van der Waals surface area contributed by atoms with E-state index in [2.05, 4.69) is 4.74 Å². The van der Waals surface area contributed by atoms with Crippen LogP contribution in [0.5, 0.6) is 17.2 Å². The largest absolute Gasteiger partial charge is 0.476 e. The summed E-state index contributed by atoms with van der Waals surface area (Å²) in [6, 6.07) is 12.8. The normalized spacial score (nSPS) is 13.6. The summed E-state index contributed by atoms with van der Waals surface area (Å²) in [5.41, 5.74) is 0.945. The molecule has 3 aromatic rings. The number of allylic oxidation sites excluding steroid dienone is 1. The summed E-state index contributed by atoms with van der Waals surface area (Å²) in [7, 11) is 0. The molecule has 0 radical (unpaired) electrons. The molecule has 0 amide bonds. The Morgan fingerprint density at radius 1 is 0.879 bits per heavy atom. The van der Waals surface area contributed by atoms with E-state index in [1.165, 1.54) is 24.3 Å². The molecular formula is C23H11F5O5. The summed E-state index contributed by atoms with van der Waals surface area (Å²) in [5.74, 6) is -14.4. The average molecular weight is 462 g/mol. The van der Waals surface area contributed by atoms with Crippen LogP contribution in [0.15, 0.2) is 54.3 Å². The molecule has 168 valence electrons. The minimum atomic E-state index is -2.35. The molecule has 0 saturated heterocycles. The van der Waals surface area contributed by atoms with Gasteiger partial charge in [0.1, 0.15) is 11.5 Å². The van der Waals surface area contributed by atoms with Gasteiger partial charge in [-0.15, -0.1) is 0 Å². The number of carbonyl (C=O) groups is 2. The highest BCUT2D eigenvalue weighted by atomic mass is 19.2. The third-order valence-corrected chi connectivity index (χ3v) is 4.47. The molecule has 1 aliphatic heterocycles. The van der Waals surface area contributed by atoms with E-state index in [0.717, 1.165) is 5.56 Å². The Labute approximate surface area is 182 Å². The molecule has 0 N–H and O–H groups in total. The molecule has 4 rings (SSSR count). The second kappa shape index (κ2) is 8.73. The van der Waals surface area contributed by atoms with Gasteiger partial charge in [-0.25, -0.2) is 18.0 Å². The highest BCUT2D eigenvalue weighted by molar-refractivity contribution is 6.14. The molecule has 1 heterocycles. The molecule has 3 aromatic carbocycles. The molecule has 0 spiro atoms. The van der Waals surface area contributed by atoms with E-state index in [9.17, 15) is 31.5 Å². The zero-order chi connectivity index (χ0) is 23.7. The van der Waals surface area contributed by atoms with Crippen LogP contribution >= 0.6 is 0 Å². The molecule has 0 fully saturated rings. The maximum atomic E-state index is 13.6. The Hall–Kier alpha value is -4.21. The van der Waals surface area contributed by atoms with Gasteiger partial charge in [-0.1, -0.05) is 30.3 Å². The Morgan fingerprint density at radius 2 is 1.52 bits per heavy atom. The maximum Gasteiger partial charge on any atom is 0.349 e. The summed E-state index contributed by atoms with van der Waals surface area (Å²) >= 11 is 0. The highest BCUT2D eigenvalue weighted by Gasteiger charge is 2.29. The molecule has 0 bridgehead atoms. The highest BCUT2D eigenvalue weighted by Crippen LogP contribution is 2.35. The zero-order valence-electron chi connectivity index (χ0n) is 16.3. The van der Waals surface area contributed by atoms with Gasteiger partial charge in [-0.3, -0.25) is 4.79 Å². The number of halogens is 5. The van der Waals surface area contributed by atoms with Crippen molar-refractivity contribution >= 4 is 17.8 Å². The van der Waals surface area contributed by atoms with E-state index in [1.807, 2.05) is 6.07 Å². The van der Waals surface area contributed by atoms with Gasteiger partial charge < -0.3 is 14.2 Å². The number of rotatable bonds is 5. The summed E-state index contributed by atoms with van der Waals surface area (Å²) < 4.78 is 81.6. The lowest BCUT2D eigenvalue weighted by molar-refractivity contribution is -0.136. The monoisotopic (exact) mass is 462 g/mol. The molecule has 1 aliphatic rings. The van der Waals surface area contributed by atoms with E-state index >= 15 is 0 Å². The second-order valence-corrected chi connectivity index (χ2v) is 6.67.